The Morgan fingerprint density at radius 2 is 1.83 bits per heavy atom. The van der Waals surface area contributed by atoms with Crippen molar-refractivity contribution in [2.45, 2.75) is 46.3 Å². The second-order valence-corrected chi connectivity index (χ2v) is 3.68. The molecule has 2 unspecified atom stereocenters. The van der Waals surface area contributed by atoms with Crippen LogP contribution in [0.15, 0.2) is 0 Å². The van der Waals surface area contributed by atoms with Crippen molar-refractivity contribution in [1.29, 1.82) is 0 Å². The highest BCUT2D eigenvalue weighted by atomic mass is 16.5. The lowest BCUT2D eigenvalue weighted by Crippen LogP contribution is -2.32. The zero-order valence-corrected chi connectivity index (χ0v) is 9.05. The van der Waals surface area contributed by atoms with Gasteiger partial charge in [0.05, 0.1) is 12.7 Å². The summed E-state index contributed by atoms with van der Waals surface area (Å²) in [5, 5.41) is 3.22. The molecule has 12 heavy (non-hydrogen) atoms. The summed E-state index contributed by atoms with van der Waals surface area (Å²) in [6.07, 6.45) is 1.49. The van der Waals surface area contributed by atoms with Gasteiger partial charge in [0.1, 0.15) is 0 Å². The Morgan fingerprint density at radius 1 is 1.25 bits per heavy atom. The average Bonchev–Trinajstić information content (AvgIpc) is 2.05. The van der Waals surface area contributed by atoms with Crippen molar-refractivity contribution in [3.63, 3.8) is 0 Å². The number of ether oxygens (including phenoxy) is 1. The molecule has 0 aliphatic rings. The molecule has 74 valence electrons. The van der Waals surface area contributed by atoms with Gasteiger partial charge in [0.15, 0.2) is 0 Å². The number of nitrogens with one attached hydrogen (secondary N) is 1. The van der Waals surface area contributed by atoms with Crippen molar-refractivity contribution in [1.82, 2.24) is 5.32 Å². The molecule has 0 amide bonds. The summed E-state index contributed by atoms with van der Waals surface area (Å²) in [7, 11) is 1.98. The van der Waals surface area contributed by atoms with Crippen LogP contribution in [-0.4, -0.2) is 25.8 Å². The summed E-state index contributed by atoms with van der Waals surface area (Å²) in [5.74, 6) is 0.611. The lowest BCUT2D eigenvalue weighted by atomic mass is 10.1. The monoisotopic (exact) mass is 173 g/mol. The molecule has 0 saturated carbocycles. The largest absolute Gasteiger partial charge is 0.377 e. The Labute approximate surface area is 76.7 Å². The highest BCUT2D eigenvalue weighted by Gasteiger charge is 2.09. The van der Waals surface area contributed by atoms with E-state index in [0.29, 0.717) is 18.1 Å². The van der Waals surface area contributed by atoms with E-state index in [1.165, 1.54) is 0 Å². The van der Waals surface area contributed by atoms with Gasteiger partial charge < -0.3 is 10.1 Å². The lowest BCUT2D eigenvalue weighted by molar-refractivity contribution is 0.0227. The Kier molecular flexibility index (Phi) is 6.39. The third-order valence-corrected chi connectivity index (χ3v) is 2.40. The molecule has 0 bridgehead atoms. The third kappa shape index (κ3) is 4.73. The SMILES string of the molecule is CCC(COC(C)C(C)C)NC. The second-order valence-electron chi connectivity index (χ2n) is 3.68. The van der Waals surface area contributed by atoms with Gasteiger partial charge in [0, 0.05) is 6.04 Å². The van der Waals surface area contributed by atoms with Crippen molar-refractivity contribution in [3.05, 3.63) is 0 Å². The first-order chi connectivity index (χ1) is 5.61. The van der Waals surface area contributed by atoms with Crippen molar-refractivity contribution in [3.8, 4) is 0 Å². The number of hydrogen-bond acceptors (Lipinski definition) is 2. The van der Waals surface area contributed by atoms with E-state index in [4.69, 9.17) is 4.74 Å². The number of likely N-dealkylation sites (N-methyl/N-ethyl adjacent to an activating group) is 1. The molecule has 0 aromatic heterocycles. The Bertz CT molecular complexity index is 98.0. The van der Waals surface area contributed by atoms with E-state index in [1.807, 2.05) is 7.05 Å². The van der Waals surface area contributed by atoms with Gasteiger partial charge in [-0.2, -0.15) is 0 Å². The van der Waals surface area contributed by atoms with Crippen LogP contribution in [0.2, 0.25) is 0 Å². The Hall–Kier alpha value is -0.0800. The molecule has 2 nitrogen and oxygen atoms in total. The van der Waals surface area contributed by atoms with E-state index in [1.54, 1.807) is 0 Å². The second kappa shape index (κ2) is 6.44. The summed E-state index contributed by atoms with van der Waals surface area (Å²) in [6.45, 7) is 9.50. The summed E-state index contributed by atoms with van der Waals surface area (Å²) < 4.78 is 5.68. The quantitative estimate of drug-likeness (QED) is 0.663. The minimum Gasteiger partial charge on any atom is -0.377 e. The van der Waals surface area contributed by atoms with Crippen LogP contribution in [0.4, 0.5) is 0 Å². The van der Waals surface area contributed by atoms with Crippen LogP contribution >= 0.6 is 0 Å². The maximum atomic E-state index is 5.68. The molecule has 1 N–H and O–H groups in total. The van der Waals surface area contributed by atoms with Crippen molar-refractivity contribution < 1.29 is 4.74 Å². The van der Waals surface area contributed by atoms with E-state index in [0.717, 1.165) is 13.0 Å². The first-order valence-electron chi connectivity index (χ1n) is 4.90. The Morgan fingerprint density at radius 3 is 2.17 bits per heavy atom. The van der Waals surface area contributed by atoms with Gasteiger partial charge in [-0.3, -0.25) is 0 Å². The fraction of sp³-hybridized carbons (Fsp3) is 1.00. The van der Waals surface area contributed by atoms with Gasteiger partial charge in [0.25, 0.3) is 0 Å². The summed E-state index contributed by atoms with van der Waals surface area (Å²) in [5.41, 5.74) is 0. The highest BCUT2D eigenvalue weighted by Crippen LogP contribution is 2.06. The van der Waals surface area contributed by atoms with Gasteiger partial charge in [-0.15, -0.1) is 0 Å². The van der Waals surface area contributed by atoms with Gasteiger partial charge in [-0.25, -0.2) is 0 Å². The zero-order chi connectivity index (χ0) is 9.56. The molecule has 0 spiro atoms. The van der Waals surface area contributed by atoms with E-state index >= 15 is 0 Å². The average molecular weight is 173 g/mol. The molecule has 0 rings (SSSR count). The minimum atomic E-state index is 0.368. The summed E-state index contributed by atoms with van der Waals surface area (Å²) in [4.78, 5) is 0. The van der Waals surface area contributed by atoms with E-state index in [2.05, 4.69) is 33.0 Å². The molecule has 0 fully saturated rings. The smallest absolute Gasteiger partial charge is 0.0623 e. The van der Waals surface area contributed by atoms with Crippen LogP contribution in [-0.2, 0) is 4.74 Å². The number of rotatable bonds is 6. The molecule has 0 aromatic carbocycles. The van der Waals surface area contributed by atoms with E-state index in [9.17, 15) is 0 Å². The minimum absolute atomic E-state index is 0.368. The van der Waals surface area contributed by atoms with Crippen molar-refractivity contribution in [2.24, 2.45) is 5.92 Å². The molecule has 0 aliphatic heterocycles. The Balaban J connectivity index is 3.51. The summed E-state index contributed by atoms with van der Waals surface area (Å²) in [6, 6.07) is 0.506. The number of hydrogen-bond donors (Lipinski definition) is 1. The molecule has 0 heterocycles. The van der Waals surface area contributed by atoms with Crippen molar-refractivity contribution in [2.75, 3.05) is 13.7 Å². The van der Waals surface area contributed by atoms with E-state index < -0.39 is 0 Å². The maximum absolute atomic E-state index is 5.68. The predicted molar refractivity (Wildman–Crippen MR) is 53.4 cm³/mol. The fourth-order valence-electron chi connectivity index (χ4n) is 0.866. The van der Waals surface area contributed by atoms with Crippen LogP contribution in [0.3, 0.4) is 0 Å². The third-order valence-electron chi connectivity index (χ3n) is 2.40. The summed E-state index contributed by atoms with van der Waals surface area (Å²) >= 11 is 0. The molecule has 0 radical (unpaired) electrons. The normalized spacial score (nSPS) is 16.5. The van der Waals surface area contributed by atoms with Crippen LogP contribution < -0.4 is 5.32 Å². The van der Waals surface area contributed by atoms with Crippen LogP contribution in [0.25, 0.3) is 0 Å². The standard InChI is InChI=1S/C10H23NO/c1-6-10(11-5)7-12-9(4)8(2)3/h8-11H,6-7H2,1-5H3. The van der Waals surface area contributed by atoms with Gasteiger partial charge in [-0.05, 0) is 26.3 Å². The highest BCUT2D eigenvalue weighted by molar-refractivity contribution is 4.62. The fourth-order valence-corrected chi connectivity index (χ4v) is 0.866. The van der Waals surface area contributed by atoms with Gasteiger partial charge in [0.2, 0.25) is 0 Å². The molecular formula is C10H23NO. The van der Waals surface area contributed by atoms with Crippen LogP contribution in [0, 0.1) is 5.92 Å². The molecule has 0 aliphatic carbocycles. The first-order valence-corrected chi connectivity index (χ1v) is 4.90. The maximum Gasteiger partial charge on any atom is 0.0623 e. The van der Waals surface area contributed by atoms with Crippen molar-refractivity contribution >= 4 is 0 Å². The van der Waals surface area contributed by atoms with Crippen LogP contribution in [0.1, 0.15) is 34.1 Å². The molecule has 2 heteroatoms. The zero-order valence-electron chi connectivity index (χ0n) is 9.05. The molecular weight excluding hydrogens is 150 g/mol. The van der Waals surface area contributed by atoms with E-state index in [-0.39, 0.29) is 0 Å². The topological polar surface area (TPSA) is 21.3 Å². The van der Waals surface area contributed by atoms with Crippen LogP contribution in [0.5, 0.6) is 0 Å². The predicted octanol–water partition coefficient (Wildman–Crippen LogP) is 2.05. The molecule has 0 aromatic rings. The lowest BCUT2D eigenvalue weighted by Gasteiger charge is -2.20. The van der Waals surface area contributed by atoms with Gasteiger partial charge in [-0.1, -0.05) is 20.8 Å². The first kappa shape index (κ1) is 11.9. The van der Waals surface area contributed by atoms with Gasteiger partial charge >= 0.3 is 0 Å². The molecule has 2 atom stereocenters. The molecule has 0 saturated heterocycles.